The smallest absolute Gasteiger partial charge is 0.267 e. The van der Waals surface area contributed by atoms with Crippen molar-refractivity contribution in [2.45, 2.75) is 6.92 Å². The van der Waals surface area contributed by atoms with Gasteiger partial charge in [-0.2, -0.15) is 0 Å². The van der Waals surface area contributed by atoms with Crippen LogP contribution in [0.25, 0.3) is 0 Å². The first-order chi connectivity index (χ1) is 9.08. The summed E-state index contributed by atoms with van der Waals surface area (Å²) in [4.78, 5) is 29.8. The minimum atomic E-state index is -0.324. The Kier molecular flexibility index (Phi) is 2.71. The lowest BCUT2D eigenvalue weighted by molar-refractivity contribution is 0.0925. The van der Waals surface area contributed by atoms with Crippen molar-refractivity contribution in [1.29, 1.82) is 0 Å². The molecule has 0 saturated carbocycles. The normalized spacial score (nSPS) is 13.9. The number of rotatable bonds is 1. The Morgan fingerprint density at radius 3 is 2.47 bits per heavy atom. The predicted octanol–water partition coefficient (Wildman–Crippen LogP) is 2.95. The van der Waals surface area contributed by atoms with Gasteiger partial charge in [0.25, 0.3) is 11.8 Å². The molecule has 0 bridgehead atoms. The number of aryl methyl sites for hydroxylation is 1. The van der Waals surface area contributed by atoms with E-state index in [0.29, 0.717) is 16.9 Å². The maximum Gasteiger partial charge on any atom is 0.267 e. The monoisotopic (exact) mass is 316 g/mol. The standard InChI is InChI=1S/C14H9BrN2O2/c1-8-2-4-10-11(6-8)14(19)17(13(10)18)12-5-3-9(15)7-16-12/h2-7H,1H3. The molecule has 0 aliphatic carbocycles. The lowest BCUT2D eigenvalue weighted by Gasteiger charge is -2.12. The summed E-state index contributed by atoms with van der Waals surface area (Å²) in [6.45, 7) is 1.89. The van der Waals surface area contributed by atoms with Crippen LogP contribution in [0.2, 0.25) is 0 Å². The minimum absolute atomic E-state index is 0.321. The fraction of sp³-hybridized carbons (Fsp3) is 0.0714. The van der Waals surface area contributed by atoms with Gasteiger partial charge in [-0.25, -0.2) is 9.88 Å². The van der Waals surface area contributed by atoms with Crippen molar-refractivity contribution in [1.82, 2.24) is 4.98 Å². The van der Waals surface area contributed by atoms with Crippen LogP contribution in [0.15, 0.2) is 41.0 Å². The molecule has 3 rings (SSSR count). The van der Waals surface area contributed by atoms with Crippen molar-refractivity contribution in [3.63, 3.8) is 0 Å². The number of carbonyl (C=O) groups is 2. The van der Waals surface area contributed by atoms with Crippen LogP contribution < -0.4 is 4.90 Å². The highest BCUT2D eigenvalue weighted by Crippen LogP contribution is 2.28. The zero-order valence-electron chi connectivity index (χ0n) is 10.1. The SMILES string of the molecule is Cc1ccc2c(c1)C(=O)N(c1ccc(Br)cn1)C2=O. The quantitative estimate of drug-likeness (QED) is 0.760. The highest BCUT2D eigenvalue weighted by molar-refractivity contribution is 9.10. The molecule has 94 valence electrons. The van der Waals surface area contributed by atoms with Crippen molar-refractivity contribution < 1.29 is 9.59 Å². The largest absolute Gasteiger partial charge is 0.268 e. The highest BCUT2D eigenvalue weighted by atomic mass is 79.9. The Balaban J connectivity index is 2.10. The molecule has 1 aliphatic rings. The molecule has 4 nitrogen and oxygen atoms in total. The van der Waals surface area contributed by atoms with Crippen molar-refractivity contribution >= 4 is 33.6 Å². The van der Waals surface area contributed by atoms with Crippen LogP contribution in [0.1, 0.15) is 26.3 Å². The van der Waals surface area contributed by atoms with Crippen LogP contribution in [0.5, 0.6) is 0 Å². The second-order valence-electron chi connectivity index (χ2n) is 4.33. The Morgan fingerprint density at radius 2 is 1.79 bits per heavy atom. The summed E-state index contributed by atoms with van der Waals surface area (Å²) in [6.07, 6.45) is 1.56. The van der Waals surface area contributed by atoms with Crippen molar-refractivity contribution in [3.05, 3.63) is 57.7 Å². The number of nitrogens with zero attached hydrogens (tertiary/aromatic N) is 2. The lowest BCUT2D eigenvalue weighted by atomic mass is 10.1. The number of pyridine rings is 1. The van der Waals surface area contributed by atoms with Gasteiger partial charge in [-0.1, -0.05) is 11.6 Å². The van der Waals surface area contributed by atoms with E-state index in [1.54, 1.807) is 30.5 Å². The zero-order chi connectivity index (χ0) is 13.6. The van der Waals surface area contributed by atoms with Crippen molar-refractivity contribution in [2.24, 2.45) is 0 Å². The number of fused-ring (bicyclic) bond motifs is 1. The molecule has 0 spiro atoms. The molecule has 2 amide bonds. The fourth-order valence-electron chi connectivity index (χ4n) is 2.06. The number of aromatic nitrogens is 1. The number of imide groups is 1. The molecular formula is C14H9BrN2O2. The van der Waals surface area contributed by atoms with Crippen LogP contribution in [0, 0.1) is 6.92 Å². The summed E-state index contributed by atoms with van der Waals surface area (Å²) in [6, 6.07) is 8.62. The average Bonchev–Trinajstić information content (AvgIpc) is 2.63. The molecule has 2 aromatic rings. The number of hydrogen-bond acceptors (Lipinski definition) is 3. The Labute approximate surface area is 118 Å². The van der Waals surface area contributed by atoms with Crippen LogP contribution in [-0.2, 0) is 0 Å². The predicted molar refractivity (Wildman–Crippen MR) is 74.3 cm³/mol. The van der Waals surface area contributed by atoms with E-state index in [0.717, 1.165) is 14.9 Å². The van der Waals surface area contributed by atoms with E-state index in [-0.39, 0.29) is 11.8 Å². The summed E-state index contributed by atoms with van der Waals surface area (Å²) in [5.41, 5.74) is 1.82. The van der Waals surface area contributed by atoms with Crippen LogP contribution in [-0.4, -0.2) is 16.8 Å². The molecule has 0 unspecified atom stereocenters. The van der Waals surface area contributed by atoms with E-state index >= 15 is 0 Å². The number of halogens is 1. The Hall–Kier alpha value is -2.01. The maximum atomic E-state index is 12.3. The first-order valence-corrected chi connectivity index (χ1v) is 6.48. The number of anilines is 1. The molecule has 0 saturated heterocycles. The van der Waals surface area contributed by atoms with Gasteiger partial charge in [0, 0.05) is 10.7 Å². The van der Waals surface area contributed by atoms with Crippen LogP contribution in [0.4, 0.5) is 5.82 Å². The zero-order valence-corrected chi connectivity index (χ0v) is 11.6. The molecule has 0 atom stereocenters. The van der Waals surface area contributed by atoms with Crippen LogP contribution >= 0.6 is 15.9 Å². The first kappa shape index (κ1) is 12.0. The minimum Gasteiger partial charge on any atom is -0.268 e. The van der Waals surface area contributed by atoms with Gasteiger partial charge in [0.2, 0.25) is 0 Å². The number of hydrogen-bond donors (Lipinski definition) is 0. The van der Waals surface area contributed by atoms with E-state index in [9.17, 15) is 9.59 Å². The van der Waals surface area contributed by atoms with Gasteiger partial charge >= 0.3 is 0 Å². The molecule has 1 aromatic carbocycles. The van der Waals surface area contributed by atoms with Gasteiger partial charge in [-0.15, -0.1) is 0 Å². The lowest BCUT2D eigenvalue weighted by Crippen LogP contribution is -2.30. The second-order valence-corrected chi connectivity index (χ2v) is 5.25. The van der Waals surface area contributed by atoms with E-state index in [2.05, 4.69) is 20.9 Å². The van der Waals surface area contributed by atoms with Gasteiger partial charge in [-0.3, -0.25) is 9.59 Å². The molecule has 0 N–H and O–H groups in total. The van der Waals surface area contributed by atoms with Gasteiger partial charge in [-0.05, 0) is 47.1 Å². The second kappa shape index (κ2) is 4.28. The average molecular weight is 317 g/mol. The third-order valence-corrected chi connectivity index (χ3v) is 3.45. The van der Waals surface area contributed by atoms with Gasteiger partial charge in [0.1, 0.15) is 5.82 Å². The molecule has 0 radical (unpaired) electrons. The first-order valence-electron chi connectivity index (χ1n) is 5.69. The Bertz CT molecular complexity index is 695. The summed E-state index contributed by atoms with van der Waals surface area (Å²) in [5.74, 6) is -0.305. The highest BCUT2D eigenvalue weighted by Gasteiger charge is 2.37. The summed E-state index contributed by atoms with van der Waals surface area (Å²) in [7, 11) is 0. The molecule has 1 aromatic heterocycles. The third kappa shape index (κ3) is 1.86. The molecule has 0 fully saturated rings. The summed E-state index contributed by atoms with van der Waals surface area (Å²) >= 11 is 3.27. The van der Waals surface area contributed by atoms with E-state index in [1.165, 1.54) is 0 Å². The molecule has 1 aliphatic heterocycles. The summed E-state index contributed by atoms with van der Waals surface area (Å²) < 4.78 is 0.795. The van der Waals surface area contributed by atoms with Gasteiger partial charge < -0.3 is 0 Å². The molecule has 19 heavy (non-hydrogen) atoms. The van der Waals surface area contributed by atoms with E-state index in [4.69, 9.17) is 0 Å². The van der Waals surface area contributed by atoms with E-state index < -0.39 is 0 Å². The molecule has 5 heteroatoms. The number of carbonyl (C=O) groups excluding carboxylic acids is 2. The topological polar surface area (TPSA) is 50.3 Å². The van der Waals surface area contributed by atoms with Crippen molar-refractivity contribution in [3.8, 4) is 0 Å². The van der Waals surface area contributed by atoms with Crippen LogP contribution in [0.3, 0.4) is 0 Å². The Morgan fingerprint density at radius 1 is 1.05 bits per heavy atom. The van der Waals surface area contributed by atoms with Crippen molar-refractivity contribution in [2.75, 3.05) is 4.90 Å². The molecule has 2 heterocycles. The van der Waals surface area contributed by atoms with Gasteiger partial charge in [0.05, 0.1) is 11.1 Å². The summed E-state index contributed by atoms with van der Waals surface area (Å²) in [5, 5.41) is 0. The number of benzene rings is 1. The number of amides is 2. The third-order valence-electron chi connectivity index (χ3n) is 2.98. The van der Waals surface area contributed by atoms with E-state index in [1.807, 2.05) is 13.0 Å². The molecular weight excluding hydrogens is 308 g/mol. The maximum absolute atomic E-state index is 12.3. The fourth-order valence-corrected chi connectivity index (χ4v) is 2.30. The van der Waals surface area contributed by atoms with Gasteiger partial charge in [0.15, 0.2) is 0 Å².